The molecule has 0 heterocycles. The molecule has 0 aliphatic carbocycles. The van der Waals surface area contributed by atoms with E-state index >= 15 is 0 Å². The van der Waals surface area contributed by atoms with Crippen molar-refractivity contribution in [2.75, 3.05) is 6.16 Å². The largest absolute Gasteiger partial charge is 0.288 e. The lowest BCUT2D eigenvalue weighted by Gasteiger charge is -2.44. The minimum atomic E-state index is -2.49. The SMILES string of the molecule is CC(C)N(C(C)C)[P+](O)(CCC#N)N(C(C)C)C(C)C.P. The lowest BCUT2D eigenvalue weighted by Crippen LogP contribution is -2.48. The van der Waals surface area contributed by atoms with E-state index in [0.717, 1.165) is 0 Å². The average Bonchev–Trinajstić information content (AvgIpc) is 2.23. The predicted molar refractivity (Wildman–Crippen MR) is 99.6 cm³/mol. The monoisotopic (exact) mass is 336 g/mol. The Morgan fingerprint density at radius 2 is 1.14 bits per heavy atom. The Morgan fingerprint density at radius 1 is 0.857 bits per heavy atom. The van der Waals surface area contributed by atoms with Crippen LogP contribution in [0.3, 0.4) is 0 Å². The van der Waals surface area contributed by atoms with E-state index < -0.39 is 7.79 Å². The predicted octanol–water partition coefficient (Wildman–Crippen LogP) is 3.95. The third kappa shape index (κ3) is 6.09. The summed E-state index contributed by atoms with van der Waals surface area (Å²) in [4.78, 5) is 11.6. The zero-order valence-corrected chi connectivity index (χ0v) is 17.5. The molecule has 1 unspecified atom stereocenters. The molecular formula is C15H36N3OP2+. The molecular weight excluding hydrogens is 300 g/mol. The van der Waals surface area contributed by atoms with Crippen molar-refractivity contribution >= 4 is 17.7 Å². The number of hydrogen-bond acceptors (Lipinski definition) is 4. The van der Waals surface area contributed by atoms with Gasteiger partial charge in [0.1, 0.15) is 6.16 Å². The van der Waals surface area contributed by atoms with Gasteiger partial charge >= 0.3 is 0 Å². The quantitative estimate of drug-likeness (QED) is 0.682. The first-order valence-electron chi connectivity index (χ1n) is 7.64. The average molecular weight is 336 g/mol. The molecule has 1 atom stereocenters. The molecule has 21 heavy (non-hydrogen) atoms. The maximum atomic E-state index is 11.6. The van der Waals surface area contributed by atoms with Crippen molar-refractivity contribution in [1.29, 1.82) is 5.26 Å². The van der Waals surface area contributed by atoms with Gasteiger partial charge in [-0.1, -0.05) is 0 Å². The van der Waals surface area contributed by atoms with Crippen molar-refractivity contribution < 1.29 is 4.89 Å². The van der Waals surface area contributed by atoms with Crippen LogP contribution in [-0.2, 0) is 0 Å². The highest BCUT2D eigenvalue weighted by molar-refractivity contribution is 7.65. The van der Waals surface area contributed by atoms with E-state index in [2.05, 4.69) is 70.8 Å². The molecule has 0 aromatic rings. The standard InChI is InChI=1S/C15H33N3OP.H3P/c1-12(2)17(13(3)4)20(19,11-9-10-16)18(14(5)6)15(7)8;/h12-15,19H,9,11H2,1-8H3;1H3/q+1;. The molecule has 0 bridgehead atoms. The summed E-state index contributed by atoms with van der Waals surface area (Å²) in [5.41, 5.74) is 0. The highest BCUT2D eigenvalue weighted by Crippen LogP contribution is 2.65. The van der Waals surface area contributed by atoms with Crippen LogP contribution in [0, 0.1) is 11.3 Å². The van der Waals surface area contributed by atoms with Crippen LogP contribution < -0.4 is 0 Å². The lowest BCUT2D eigenvalue weighted by atomic mass is 10.3. The fraction of sp³-hybridized carbons (Fsp3) is 0.933. The van der Waals surface area contributed by atoms with E-state index in [4.69, 9.17) is 5.26 Å². The van der Waals surface area contributed by atoms with E-state index in [0.29, 0.717) is 12.6 Å². The van der Waals surface area contributed by atoms with E-state index in [1.54, 1.807) is 0 Å². The maximum Gasteiger partial charge on any atom is 0.288 e. The first kappa shape index (κ1) is 23.5. The lowest BCUT2D eigenvalue weighted by molar-refractivity contribution is 0.204. The second kappa shape index (κ2) is 10.1. The molecule has 0 aromatic heterocycles. The summed E-state index contributed by atoms with van der Waals surface area (Å²) in [6.07, 6.45) is 0.951. The number of nitriles is 1. The molecule has 6 heteroatoms. The minimum absolute atomic E-state index is 0. The van der Waals surface area contributed by atoms with E-state index in [1.807, 2.05) is 0 Å². The third-order valence-electron chi connectivity index (χ3n) is 3.38. The molecule has 0 spiro atoms. The Hall–Kier alpha value is 0.230. The van der Waals surface area contributed by atoms with E-state index in [-0.39, 0.29) is 34.1 Å². The Morgan fingerprint density at radius 3 is 1.33 bits per heavy atom. The Labute approximate surface area is 136 Å². The van der Waals surface area contributed by atoms with Crippen molar-refractivity contribution in [1.82, 2.24) is 9.34 Å². The minimum Gasteiger partial charge on any atom is -0.213 e. The van der Waals surface area contributed by atoms with Gasteiger partial charge in [-0.3, -0.25) is 0 Å². The molecule has 1 N–H and O–H groups in total. The molecule has 0 amide bonds. The van der Waals surface area contributed by atoms with Gasteiger partial charge < -0.3 is 0 Å². The van der Waals surface area contributed by atoms with Crippen molar-refractivity contribution in [2.45, 2.75) is 86.0 Å². The molecule has 0 aliphatic rings. The Balaban J connectivity index is 0. The summed E-state index contributed by atoms with van der Waals surface area (Å²) < 4.78 is 4.45. The molecule has 0 aliphatic heterocycles. The molecule has 126 valence electrons. The number of rotatable bonds is 8. The molecule has 4 nitrogen and oxygen atoms in total. The Kier molecular flexibility index (Phi) is 11.3. The highest BCUT2D eigenvalue weighted by atomic mass is 31.2. The van der Waals surface area contributed by atoms with Gasteiger partial charge in [0, 0.05) is 24.2 Å². The van der Waals surface area contributed by atoms with Gasteiger partial charge in [0.2, 0.25) is 0 Å². The first-order valence-corrected chi connectivity index (χ1v) is 9.48. The van der Waals surface area contributed by atoms with Gasteiger partial charge in [0.15, 0.2) is 0 Å². The summed E-state index contributed by atoms with van der Waals surface area (Å²) in [6.45, 7) is 17.0. The van der Waals surface area contributed by atoms with Crippen molar-refractivity contribution in [3.8, 4) is 6.07 Å². The number of hydrogen-bond donors (Lipinski definition) is 1. The van der Waals surface area contributed by atoms with Crippen LogP contribution in [0.2, 0.25) is 0 Å². The summed E-state index contributed by atoms with van der Waals surface area (Å²) in [5, 5.41) is 8.97. The van der Waals surface area contributed by atoms with Gasteiger partial charge in [-0.05, 0) is 55.4 Å². The highest BCUT2D eigenvalue weighted by Gasteiger charge is 2.53. The van der Waals surface area contributed by atoms with Gasteiger partial charge in [-0.2, -0.15) is 15.2 Å². The van der Waals surface area contributed by atoms with E-state index in [9.17, 15) is 4.89 Å². The summed E-state index contributed by atoms with van der Waals surface area (Å²) in [6, 6.07) is 3.23. The van der Waals surface area contributed by atoms with Crippen molar-refractivity contribution in [2.24, 2.45) is 0 Å². The van der Waals surface area contributed by atoms with Crippen molar-refractivity contribution in [3.05, 3.63) is 0 Å². The third-order valence-corrected chi connectivity index (χ3v) is 7.53. The summed E-state index contributed by atoms with van der Waals surface area (Å²) >= 11 is 0. The molecule has 0 aromatic carbocycles. The second-order valence-electron chi connectivity index (χ2n) is 6.46. The molecule has 0 rings (SSSR count). The van der Waals surface area contributed by atoms with Gasteiger partial charge in [0.25, 0.3) is 7.79 Å². The van der Waals surface area contributed by atoms with Crippen LogP contribution in [0.15, 0.2) is 0 Å². The van der Waals surface area contributed by atoms with Gasteiger partial charge in [-0.25, -0.2) is 4.89 Å². The fourth-order valence-corrected chi connectivity index (χ4v) is 7.28. The van der Waals surface area contributed by atoms with Gasteiger partial charge in [0.05, 0.1) is 12.5 Å². The van der Waals surface area contributed by atoms with Crippen LogP contribution in [0.1, 0.15) is 61.8 Å². The molecule has 0 saturated heterocycles. The van der Waals surface area contributed by atoms with Crippen LogP contribution >= 0.6 is 17.7 Å². The number of nitrogens with zero attached hydrogens (tertiary/aromatic N) is 3. The molecule has 0 radical (unpaired) electrons. The normalized spacial score (nSPS) is 12.7. The van der Waals surface area contributed by atoms with Crippen LogP contribution in [-0.4, -0.2) is 44.6 Å². The summed E-state index contributed by atoms with van der Waals surface area (Å²) in [5.74, 6) is 0. The van der Waals surface area contributed by atoms with Crippen LogP contribution in [0.25, 0.3) is 0 Å². The summed E-state index contributed by atoms with van der Waals surface area (Å²) in [7, 11) is -2.49. The van der Waals surface area contributed by atoms with Gasteiger partial charge in [-0.15, -0.1) is 9.34 Å². The van der Waals surface area contributed by atoms with Crippen LogP contribution in [0.5, 0.6) is 0 Å². The topological polar surface area (TPSA) is 50.5 Å². The second-order valence-corrected chi connectivity index (χ2v) is 9.22. The van der Waals surface area contributed by atoms with E-state index in [1.165, 1.54) is 0 Å². The zero-order valence-electron chi connectivity index (χ0n) is 15.2. The smallest absolute Gasteiger partial charge is 0.213 e. The zero-order chi connectivity index (χ0) is 16.1. The Bertz CT molecular complexity index is 291. The maximum absolute atomic E-state index is 11.6. The molecule has 0 saturated carbocycles. The first-order chi connectivity index (χ1) is 9.09. The fourth-order valence-electron chi connectivity index (χ4n) is 3.22. The van der Waals surface area contributed by atoms with Crippen LogP contribution in [0.4, 0.5) is 0 Å². The molecule has 0 fully saturated rings. The van der Waals surface area contributed by atoms with Crippen molar-refractivity contribution in [3.63, 3.8) is 0 Å².